The summed E-state index contributed by atoms with van der Waals surface area (Å²) in [6, 6.07) is 8.97. The van der Waals surface area contributed by atoms with Gasteiger partial charge in [-0.05, 0) is 30.0 Å². The fraction of sp³-hybridized carbons (Fsp3) is 0.231. The average molecular weight is 262 g/mol. The number of rotatable bonds is 5. The van der Waals surface area contributed by atoms with E-state index in [2.05, 4.69) is 10.3 Å². The molecule has 2 rings (SSSR count). The van der Waals surface area contributed by atoms with Crippen molar-refractivity contribution in [2.75, 3.05) is 6.54 Å². The molecule has 0 spiro atoms. The Balaban J connectivity index is 1.77. The summed E-state index contributed by atoms with van der Waals surface area (Å²) >= 11 is 1.51. The molecule has 1 atom stereocenters. The standard InChI is InChI=1S/C13H14N2O2S/c16-11(12-5-3-9-18-12)6-8-15-13(17)10-4-1-2-7-14-10/h1-5,7,9,11,16H,6,8H2,(H,15,17)/t11-/m1/s1. The van der Waals surface area contributed by atoms with Crippen molar-refractivity contribution < 1.29 is 9.90 Å². The molecule has 2 N–H and O–H groups in total. The lowest BCUT2D eigenvalue weighted by Gasteiger charge is -2.09. The molecule has 0 aromatic carbocycles. The van der Waals surface area contributed by atoms with Crippen LogP contribution in [0.2, 0.25) is 0 Å². The second-order valence-corrected chi connectivity index (χ2v) is 4.77. The Morgan fingerprint density at radius 3 is 2.94 bits per heavy atom. The Hall–Kier alpha value is -1.72. The third kappa shape index (κ3) is 3.38. The van der Waals surface area contributed by atoms with Gasteiger partial charge in [-0.3, -0.25) is 9.78 Å². The smallest absolute Gasteiger partial charge is 0.269 e. The maximum atomic E-state index is 11.7. The fourth-order valence-corrected chi connectivity index (χ4v) is 2.28. The predicted molar refractivity (Wildman–Crippen MR) is 70.5 cm³/mol. The molecular weight excluding hydrogens is 248 g/mol. The number of aliphatic hydroxyl groups excluding tert-OH is 1. The summed E-state index contributed by atoms with van der Waals surface area (Å²) in [6.45, 7) is 0.425. The van der Waals surface area contributed by atoms with Gasteiger partial charge in [-0.25, -0.2) is 0 Å². The molecule has 2 aromatic rings. The third-order valence-electron chi connectivity index (χ3n) is 2.47. The first-order valence-corrected chi connectivity index (χ1v) is 6.56. The van der Waals surface area contributed by atoms with Crippen molar-refractivity contribution in [1.82, 2.24) is 10.3 Å². The van der Waals surface area contributed by atoms with E-state index < -0.39 is 6.10 Å². The van der Waals surface area contributed by atoms with Gasteiger partial charge in [-0.1, -0.05) is 12.1 Å². The van der Waals surface area contributed by atoms with Gasteiger partial charge in [0.15, 0.2) is 0 Å². The Kier molecular flexibility index (Phi) is 4.44. The molecule has 0 saturated heterocycles. The zero-order chi connectivity index (χ0) is 12.8. The largest absolute Gasteiger partial charge is 0.388 e. The first-order chi connectivity index (χ1) is 8.77. The van der Waals surface area contributed by atoms with E-state index in [4.69, 9.17) is 0 Å². The maximum absolute atomic E-state index is 11.7. The summed E-state index contributed by atoms with van der Waals surface area (Å²) in [5.74, 6) is -0.214. The first kappa shape index (κ1) is 12.7. The van der Waals surface area contributed by atoms with Crippen LogP contribution in [0.3, 0.4) is 0 Å². The maximum Gasteiger partial charge on any atom is 0.269 e. The van der Waals surface area contributed by atoms with E-state index in [1.165, 1.54) is 11.3 Å². The Morgan fingerprint density at radius 2 is 2.28 bits per heavy atom. The minimum Gasteiger partial charge on any atom is -0.388 e. The Morgan fingerprint density at radius 1 is 1.39 bits per heavy atom. The third-order valence-corrected chi connectivity index (χ3v) is 3.45. The van der Waals surface area contributed by atoms with Crippen molar-refractivity contribution in [3.8, 4) is 0 Å². The summed E-state index contributed by atoms with van der Waals surface area (Å²) in [6.07, 6.45) is 1.56. The number of hydrogen-bond acceptors (Lipinski definition) is 4. The molecule has 0 unspecified atom stereocenters. The van der Waals surface area contributed by atoms with E-state index in [0.29, 0.717) is 18.7 Å². The number of carbonyl (C=O) groups is 1. The van der Waals surface area contributed by atoms with Crippen molar-refractivity contribution in [1.29, 1.82) is 0 Å². The van der Waals surface area contributed by atoms with E-state index in [1.54, 1.807) is 24.4 Å². The molecule has 0 fully saturated rings. The van der Waals surface area contributed by atoms with Gasteiger partial charge in [0.2, 0.25) is 0 Å². The van der Waals surface area contributed by atoms with Gasteiger partial charge in [0.1, 0.15) is 5.69 Å². The van der Waals surface area contributed by atoms with Crippen molar-refractivity contribution in [3.05, 3.63) is 52.5 Å². The number of amides is 1. The molecule has 0 aliphatic rings. The van der Waals surface area contributed by atoms with E-state index in [-0.39, 0.29) is 5.91 Å². The van der Waals surface area contributed by atoms with Gasteiger partial charge in [-0.15, -0.1) is 11.3 Å². The van der Waals surface area contributed by atoms with Crippen molar-refractivity contribution >= 4 is 17.2 Å². The van der Waals surface area contributed by atoms with E-state index in [1.807, 2.05) is 17.5 Å². The highest BCUT2D eigenvalue weighted by atomic mass is 32.1. The molecule has 18 heavy (non-hydrogen) atoms. The summed E-state index contributed by atoms with van der Waals surface area (Å²) in [7, 11) is 0. The number of pyridine rings is 1. The molecule has 0 bridgehead atoms. The van der Waals surface area contributed by atoms with Crippen LogP contribution in [0.4, 0.5) is 0 Å². The zero-order valence-corrected chi connectivity index (χ0v) is 10.6. The summed E-state index contributed by atoms with van der Waals surface area (Å²) in [4.78, 5) is 16.5. The fourth-order valence-electron chi connectivity index (χ4n) is 1.53. The SMILES string of the molecule is O=C(NCC[C@@H](O)c1cccs1)c1ccccn1. The van der Waals surface area contributed by atoms with Crippen LogP contribution < -0.4 is 5.32 Å². The van der Waals surface area contributed by atoms with E-state index >= 15 is 0 Å². The molecule has 2 aromatic heterocycles. The van der Waals surface area contributed by atoms with Gasteiger partial charge < -0.3 is 10.4 Å². The number of aliphatic hydroxyl groups is 1. The van der Waals surface area contributed by atoms with Crippen LogP contribution in [0.5, 0.6) is 0 Å². The average Bonchev–Trinajstić information content (AvgIpc) is 2.93. The predicted octanol–water partition coefficient (Wildman–Crippen LogP) is 2.00. The molecule has 5 heteroatoms. The second kappa shape index (κ2) is 6.28. The Labute approximate surface area is 109 Å². The van der Waals surface area contributed by atoms with Crippen molar-refractivity contribution in [2.45, 2.75) is 12.5 Å². The van der Waals surface area contributed by atoms with E-state index in [0.717, 1.165) is 4.88 Å². The van der Waals surface area contributed by atoms with Gasteiger partial charge in [0.25, 0.3) is 5.91 Å². The number of thiophene rings is 1. The number of hydrogen-bond donors (Lipinski definition) is 2. The van der Waals surface area contributed by atoms with Gasteiger partial charge in [0, 0.05) is 17.6 Å². The number of aromatic nitrogens is 1. The summed E-state index contributed by atoms with van der Waals surface area (Å²) < 4.78 is 0. The van der Waals surface area contributed by atoms with Crippen LogP contribution in [-0.4, -0.2) is 22.5 Å². The minimum atomic E-state index is -0.519. The van der Waals surface area contributed by atoms with Crippen molar-refractivity contribution in [2.24, 2.45) is 0 Å². The molecule has 0 radical (unpaired) electrons. The molecular formula is C13H14N2O2S. The zero-order valence-electron chi connectivity index (χ0n) is 9.74. The minimum absolute atomic E-state index is 0.214. The summed E-state index contributed by atoms with van der Waals surface area (Å²) in [5, 5.41) is 14.5. The van der Waals surface area contributed by atoms with Crippen LogP contribution in [-0.2, 0) is 0 Å². The van der Waals surface area contributed by atoms with Crippen LogP contribution in [0.1, 0.15) is 27.9 Å². The number of nitrogens with one attached hydrogen (secondary N) is 1. The van der Waals surface area contributed by atoms with Gasteiger partial charge in [0.05, 0.1) is 6.10 Å². The molecule has 94 valence electrons. The lowest BCUT2D eigenvalue weighted by atomic mass is 10.2. The van der Waals surface area contributed by atoms with Gasteiger partial charge >= 0.3 is 0 Å². The summed E-state index contributed by atoms with van der Waals surface area (Å²) in [5.41, 5.74) is 0.392. The second-order valence-electron chi connectivity index (χ2n) is 3.79. The molecule has 0 saturated carbocycles. The highest BCUT2D eigenvalue weighted by Crippen LogP contribution is 2.20. The molecule has 0 aliphatic carbocycles. The normalized spacial score (nSPS) is 12.1. The van der Waals surface area contributed by atoms with Crippen LogP contribution in [0, 0.1) is 0 Å². The molecule has 1 amide bonds. The van der Waals surface area contributed by atoms with Crippen molar-refractivity contribution in [3.63, 3.8) is 0 Å². The highest BCUT2D eigenvalue weighted by Gasteiger charge is 2.10. The number of nitrogens with zero attached hydrogens (tertiary/aromatic N) is 1. The van der Waals surface area contributed by atoms with Crippen LogP contribution >= 0.6 is 11.3 Å². The van der Waals surface area contributed by atoms with E-state index in [9.17, 15) is 9.90 Å². The molecule has 4 nitrogen and oxygen atoms in total. The van der Waals surface area contributed by atoms with Gasteiger partial charge in [-0.2, -0.15) is 0 Å². The quantitative estimate of drug-likeness (QED) is 0.866. The monoisotopic (exact) mass is 262 g/mol. The van der Waals surface area contributed by atoms with Crippen LogP contribution in [0.25, 0.3) is 0 Å². The lowest BCUT2D eigenvalue weighted by Crippen LogP contribution is -2.26. The highest BCUT2D eigenvalue weighted by molar-refractivity contribution is 7.10. The lowest BCUT2D eigenvalue weighted by molar-refractivity contribution is 0.0938. The molecule has 0 aliphatic heterocycles. The molecule has 2 heterocycles. The topological polar surface area (TPSA) is 62.2 Å². The first-order valence-electron chi connectivity index (χ1n) is 5.68. The van der Waals surface area contributed by atoms with Crippen LogP contribution in [0.15, 0.2) is 41.9 Å². The number of carbonyl (C=O) groups excluding carboxylic acids is 1. The Bertz CT molecular complexity index is 485.